The average Bonchev–Trinajstić information content (AvgIpc) is 3.22. The predicted molar refractivity (Wildman–Crippen MR) is 139 cm³/mol. The molecule has 0 bridgehead atoms. The lowest BCUT2D eigenvalue weighted by Gasteiger charge is -2.35. The van der Waals surface area contributed by atoms with Gasteiger partial charge in [0, 0.05) is 59.4 Å². The highest BCUT2D eigenvalue weighted by molar-refractivity contribution is 7.12. The van der Waals surface area contributed by atoms with Crippen LogP contribution in [-0.4, -0.2) is 62.7 Å². The number of rotatable bonds is 5. The van der Waals surface area contributed by atoms with E-state index in [1.165, 1.54) is 11.3 Å². The fraction of sp³-hybridized carbons (Fsp3) is 0.385. The third-order valence-electron chi connectivity index (χ3n) is 6.56. The molecule has 2 amide bonds. The number of nitrogens with one attached hydrogen (secondary N) is 2. The van der Waals surface area contributed by atoms with Crippen molar-refractivity contribution in [1.82, 2.24) is 24.8 Å². The first-order chi connectivity index (χ1) is 17.3. The molecule has 2 aliphatic heterocycles. The number of amides is 2. The van der Waals surface area contributed by atoms with E-state index in [0.29, 0.717) is 47.3 Å². The van der Waals surface area contributed by atoms with Crippen LogP contribution >= 0.6 is 11.3 Å². The van der Waals surface area contributed by atoms with Gasteiger partial charge >= 0.3 is 0 Å². The van der Waals surface area contributed by atoms with Gasteiger partial charge in [-0.2, -0.15) is 9.61 Å². The monoisotopic (exact) mass is 504 g/mol. The molecule has 2 saturated heterocycles. The molecule has 3 fully saturated rings. The Labute approximate surface area is 212 Å². The second-order valence-electron chi connectivity index (χ2n) is 9.85. The fourth-order valence-corrected chi connectivity index (χ4v) is 5.62. The van der Waals surface area contributed by atoms with E-state index in [2.05, 4.69) is 22.3 Å². The van der Waals surface area contributed by atoms with Crippen molar-refractivity contribution < 1.29 is 14.3 Å². The summed E-state index contributed by atoms with van der Waals surface area (Å²) < 4.78 is 7.56. The number of allylic oxidation sites excluding steroid dienone is 1. The van der Waals surface area contributed by atoms with E-state index < -0.39 is 0 Å². The van der Waals surface area contributed by atoms with Crippen molar-refractivity contribution in [1.29, 1.82) is 0 Å². The van der Waals surface area contributed by atoms with E-state index in [1.54, 1.807) is 10.7 Å². The van der Waals surface area contributed by atoms with Crippen LogP contribution in [0.15, 0.2) is 41.6 Å². The van der Waals surface area contributed by atoms with Crippen LogP contribution in [0.2, 0.25) is 0 Å². The zero-order valence-electron chi connectivity index (χ0n) is 20.3. The van der Waals surface area contributed by atoms with Crippen molar-refractivity contribution in [3.63, 3.8) is 0 Å². The number of aromatic nitrogens is 3. The predicted octanol–water partition coefficient (Wildman–Crippen LogP) is 3.70. The summed E-state index contributed by atoms with van der Waals surface area (Å²) in [5.74, 6) is 0.727. The van der Waals surface area contributed by atoms with Gasteiger partial charge in [0.1, 0.15) is 5.82 Å². The number of morpholine rings is 1. The molecule has 0 spiro atoms. The third kappa shape index (κ3) is 4.42. The Bertz CT molecular complexity index is 1410. The Balaban J connectivity index is 1.36. The van der Waals surface area contributed by atoms with Gasteiger partial charge in [0.2, 0.25) is 0 Å². The Kier molecular flexibility index (Phi) is 5.65. The highest BCUT2D eigenvalue weighted by Crippen LogP contribution is 2.32. The first-order valence-electron chi connectivity index (χ1n) is 12.2. The minimum absolute atomic E-state index is 0.0192. The maximum Gasteiger partial charge on any atom is 0.264 e. The van der Waals surface area contributed by atoms with Gasteiger partial charge in [-0.1, -0.05) is 6.58 Å². The second-order valence-corrected chi connectivity index (χ2v) is 10.8. The number of carbonyl (C=O) groups is 2. The van der Waals surface area contributed by atoms with Crippen LogP contribution in [0, 0.1) is 0 Å². The molecule has 3 aromatic rings. The van der Waals surface area contributed by atoms with Crippen LogP contribution in [0.5, 0.6) is 0 Å². The summed E-state index contributed by atoms with van der Waals surface area (Å²) in [6, 6.07) is 4.32. The van der Waals surface area contributed by atoms with Crippen LogP contribution in [0.3, 0.4) is 0 Å². The lowest BCUT2D eigenvalue weighted by atomic mass is 10.1. The molecule has 1 saturated carbocycles. The molecule has 2 N–H and O–H groups in total. The van der Waals surface area contributed by atoms with Crippen molar-refractivity contribution >= 4 is 40.7 Å². The van der Waals surface area contributed by atoms with Crippen molar-refractivity contribution in [2.24, 2.45) is 0 Å². The van der Waals surface area contributed by atoms with Gasteiger partial charge in [0.25, 0.3) is 11.8 Å². The number of anilines is 1. The Morgan fingerprint density at radius 2 is 2.06 bits per heavy atom. The van der Waals surface area contributed by atoms with E-state index in [1.807, 2.05) is 42.3 Å². The molecule has 1 aliphatic carbocycles. The van der Waals surface area contributed by atoms with E-state index in [4.69, 9.17) is 9.72 Å². The zero-order valence-corrected chi connectivity index (χ0v) is 21.1. The number of thiophene rings is 1. The summed E-state index contributed by atoms with van der Waals surface area (Å²) in [5.41, 5.74) is 4.38. The first-order valence-corrected chi connectivity index (χ1v) is 13.1. The number of nitrogens with zero attached hydrogens (tertiary/aromatic N) is 4. The molecule has 9 nitrogen and oxygen atoms in total. The first kappa shape index (κ1) is 22.9. The van der Waals surface area contributed by atoms with Crippen molar-refractivity contribution in [3.05, 3.63) is 52.0 Å². The molecular formula is C26H28N6O3S. The molecule has 0 aromatic carbocycles. The maximum absolute atomic E-state index is 13.2. The summed E-state index contributed by atoms with van der Waals surface area (Å²) in [6.07, 6.45) is 6.32. The summed E-state index contributed by atoms with van der Waals surface area (Å²) >= 11 is 1.43. The molecule has 10 heteroatoms. The molecule has 186 valence electrons. The number of carbonyl (C=O) groups excluding carboxylic acids is 2. The minimum atomic E-state index is -0.139. The van der Waals surface area contributed by atoms with Crippen LogP contribution in [-0.2, 0) is 9.53 Å². The van der Waals surface area contributed by atoms with Gasteiger partial charge in [0.15, 0.2) is 5.65 Å². The topological polar surface area (TPSA) is 101 Å². The minimum Gasteiger partial charge on any atom is -0.372 e. The summed E-state index contributed by atoms with van der Waals surface area (Å²) in [4.78, 5) is 32.9. The molecule has 6 rings (SSSR count). The van der Waals surface area contributed by atoms with Gasteiger partial charge < -0.3 is 20.3 Å². The summed E-state index contributed by atoms with van der Waals surface area (Å²) in [7, 11) is 0. The van der Waals surface area contributed by atoms with Crippen molar-refractivity contribution in [2.75, 3.05) is 18.4 Å². The Morgan fingerprint density at radius 3 is 2.75 bits per heavy atom. The van der Waals surface area contributed by atoms with Gasteiger partial charge in [-0.25, -0.2) is 4.98 Å². The third-order valence-corrected chi connectivity index (χ3v) is 7.47. The number of fused-ring (bicyclic) bond motifs is 1. The average molecular weight is 505 g/mol. The van der Waals surface area contributed by atoms with E-state index >= 15 is 0 Å². The molecule has 36 heavy (non-hydrogen) atoms. The molecular weight excluding hydrogens is 476 g/mol. The van der Waals surface area contributed by atoms with Crippen molar-refractivity contribution in [2.45, 2.75) is 51.4 Å². The standard InChI is InChI=1S/C26H28N6O3S/c1-14-6-17(25(33)28-14)7-18-10-27-32-23(29-20-4-5-20)9-21(30-24(18)32)19-8-22(36-13-19)26(34)31-11-15(2)35-16(3)12-31/h7-10,13,15-16,20,29H,1,4-6,11-12H2,2-3H3,(H,28,33)/b17-7+. The molecule has 5 heterocycles. The lowest BCUT2D eigenvalue weighted by Crippen LogP contribution is -2.48. The van der Waals surface area contributed by atoms with Crippen molar-refractivity contribution in [3.8, 4) is 11.3 Å². The van der Waals surface area contributed by atoms with Crippen LogP contribution in [0.1, 0.15) is 48.3 Å². The van der Waals surface area contributed by atoms with Gasteiger partial charge in [0.05, 0.1) is 29.0 Å². The second kappa shape index (κ2) is 8.86. The number of hydrogen-bond acceptors (Lipinski definition) is 7. The molecule has 0 radical (unpaired) electrons. The quantitative estimate of drug-likeness (QED) is 0.514. The molecule has 2 unspecified atom stereocenters. The van der Waals surface area contributed by atoms with Crippen LogP contribution < -0.4 is 10.6 Å². The largest absolute Gasteiger partial charge is 0.372 e. The van der Waals surface area contributed by atoms with E-state index in [-0.39, 0.29) is 24.0 Å². The van der Waals surface area contributed by atoms with Gasteiger partial charge in [-0.15, -0.1) is 11.3 Å². The SMILES string of the molecule is C=C1C/C(=C\c2cnn3c(NC4CC4)cc(-c4csc(C(=O)N5CC(C)OC(C)C5)c4)nc23)C(=O)N1. The smallest absolute Gasteiger partial charge is 0.264 e. The zero-order chi connectivity index (χ0) is 25.0. The number of hydrogen-bond donors (Lipinski definition) is 2. The Morgan fingerprint density at radius 1 is 1.28 bits per heavy atom. The summed E-state index contributed by atoms with van der Waals surface area (Å²) in [6.45, 7) is 9.02. The normalized spacial score (nSPS) is 23.5. The molecule has 3 aliphatic rings. The fourth-order valence-electron chi connectivity index (χ4n) is 4.75. The van der Waals surface area contributed by atoms with Gasteiger partial charge in [-0.05, 0) is 38.8 Å². The van der Waals surface area contributed by atoms with E-state index in [0.717, 1.165) is 35.5 Å². The Hall–Kier alpha value is -3.50. The summed E-state index contributed by atoms with van der Waals surface area (Å²) in [5, 5.41) is 12.8. The van der Waals surface area contributed by atoms with Crippen LogP contribution in [0.25, 0.3) is 23.0 Å². The highest BCUT2D eigenvalue weighted by Gasteiger charge is 2.28. The van der Waals surface area contributed by atoms with Gasteiger partial charge in [-0.3, -0.25) is 9.59 Å². The van der Waals surface area contributed by atoms with Crippen LogP contribution in [0.4, 0.5) is 5.82 Å². The highest BCUT2D eigenvalue weighted by atomic mass is 32.1. The molecule has 3 aromatic heterocycles. The lowest BCUT2D eigenvalue weighted by molar-refractivity contribution is -0.115. The maximum atomic E-state index is 13.2. The molecule has 2 atom stereocenters. The number of ether oxygens (including phenoxy) is 1. The van der Waals surface area contributed by atoms with E-state index in [9.17, 15) is 9.59 Å².